The Hall–Kier alpha value is -0.870. The molecule has 1 N–H and O–H groups in total. The SMILES string of the molecule is Br.Br.c1cnc2cc3[nH]ccc3cc2c1. The standard InChI is InChI=1S/C11H8N2.2BrH/c1-2-8-6-9-3-5-13-11(9)7-10(8)12-4-1;;/h1-7,13H;2*1H. The summed E-state index contributed by atoms with van der Waals surface area (Å²) >= 11 is 0. The number of hydrogen-bond donors (Lipinski definition) is 1. The number of nitrogens with one attached hydrogen (secondary N) is 1. The first-order valence-corrected chi connectivity index (χ1v) is 4.25. The van der Waals surface area contributed by atoms with Gasteiger partial charge in [0.05, 0.1) is 5.52 Å². The van der Waals surface area contributed by atoms with E-state index in [4.69, 9.17) is 0 Å². The van der Waals surface area contributed by atoms with Crippen LogP contribution in [0.1, 0.15) is 0 Å². The molecule has 3 rings (SSSR count). The number of aromatic nitrogens is 2. The fourth-order valence-electron chi connectivity index (χ4n) is 1.62. The summed E-state index contributed by atoms with van der Waals surface area (Å²) in [5.74, 6) is 0. The van der Waals surface area contributed by atoms with Gasteiger partial charge in [0.15, 0.2) is 0 Å². The maximum Gasteiger partial charge on any atom is 0.0723 e. The summed E-state index contributed by atoms with van der Waals surface area (Å²) in [6.45, 7) is 0. The van der Waals surface area contributed by atoms with Gasteiger partial charge in [-0.1, -0.05) is 6.07 Å². The number of aromatic amines is 1. The molecule has 2 aromatic heterocycles. The molecule has 0 bridgehead atoms. The zero-order valence-corrected chi connectivity index (χ0v) is 11.2. The van der Waals surface area contributed by atoms with Crippen LogP contribution in [0.5, 0.6) is 0 Å². The smallest absolute Gasteiger partial charge is 0.0723 e. The largest absolute Gasteiger partial charge is 0.361 e. The van der Waals surface area contributed by atoms with Crippen molar-refractivity contribution in [2.24, 2.45) is 0 Å². The first-order valence-electron chi connectivity index (χ1n) is 4.25. The number of nitrogens with zero attached hydrogens (tertiary/aromatic N) is 1. The van der Waals surface area contributed by atoms with Crippen LogP contribution in [0.25, 0.3) is 21.8 Å². The van der Waals surface area contributed by atoms with Crippen molar-refractivity contribution in [3.8, 4) is 0 Å². The molecule has 15 heavy (non-hydrogen) atoms. The van der Waals surface area contributed by atoms with Crippen LogP contribution in [0.3, 0.4) is 0 Å². The lowest BCUT2D eigenvalue weighted by atomic mass is 10.1. The van der Waals surface area contributed by atoms with E-state index >= 15 is 0 Å². The molecule has 0 aliphatic carbocycles. The maximum absolute atomic E-state index is 4.29. The third-order valence-electron chi connectivity index (χ3n) is 2.28. The van der Waals surface area contributed by atoms with Gasteiger partial charge in [0.1, 0.15) is 0 Å². The van der Waals surface area contributed by atoms with Crippen LogP contribution in [-0.2, 0) is 0 Å². The van der Waals surface area contributed by atoms with Crippen molar-refractivity contribution in [1.29, 1.82) is 0 Å². The van der Waals surface area contributed by atoms with Gasteiger partial charge in [-0.3, -0.25) is 4.98 Å². The third kappa shape index (κ3) is 2.06. The van der Waals surface area contributed by atoms with Crippen LogP contribution in [0.15, 0.2) is 42.7 Å². The summed E-state index contributed by atoms with van der Waals surface area (Å²) in [7, 11) is 0. The molecule has 0 radical (unpaired) electrons. The molecule has 0 saturated carbocycles. The van der Waals surface area contributed by atoms with Crippen LogP contribution >= 0.6 is 34.0 Å². The minimum atomic E-state index is 0. The lowest BCUT2D eigenvalue weighted by molar-refractivity contribution is 1.41. The summed E-state index contributed by atoms with van der Waals surface area (Å²) in [5, 5.41) is 2.43. The van der Waals surface area contributed by atoms with E-state index in [1.807, 2.05) is 18.5 Å². The molecule has 1 aromatic carbocycles. The second kappa shape index (κ2) is 4.77. The molecular weight excluding hydrogens is 320 g/mol. The van der Waals surface area contributed by atoms with Crippen LogP contribution < -0.4 is 0 Å². The molecule has 4 heteroatoms. The van der Waals surface area contributed by atoms with Crippen LogP contribution in [0.2, 0.25) is 0 Å². The molecule has 0 saturated heterocycles. The van der Waals surface area contributed by atoms with E-state index in [-0.39, 0.29) is 34.0 Å². The van der Waals surface area contributed by atoms with Crippen molar-refractivity contribution in [2.75, 3.05) is 0 Å². The summed E-state index contributed by atoms with van der Waals surface area (Å²) in [6, 6.07) is 10.3. The lowest BCUT2D eigenvalue weighted by Crippen LogP contribution is -1.76. The predicted octanol–water partition coefficient (Wildman–Crippen LogP) is 3.87. The van der Waals surface area contributed by atoms with Gasteiger partial charge in [0, 0.05) is 28.7 Å². The van der Waals surface area contributed by atoms with Gasteiger partial charge in [-0.05, 0) is 24.3 Å². The molecule has 0 atom stereocenters. The van der Waals surface area contributed by atoms with E-state index in [0.29, 0.717) is 0 Å². The van der Waals surface area contributed by atoms with Gasteiger partial charge >= 0.3 is 0 Å². The zero-order chi connectivity index (χ0) is 8.67. The Labute approximate surface area is 108 Å². The summed E-state index contributed by atoms with van der Waals surface area (Å²) in [4.78, 5) is 7.46. The molecule has 0 amide bonds. The van der Waals surface area contributed by atoms with Gasteiger partial charge in [-0.25, -0.2) is 0 Å². The Morgan fingerprint density at radius 3 is 2.73 bits per heavy atom. The van der Waals surface area contributed by atoms with E-state index in [1.165, 1.54) is 10.8 Å². The van der Waals surface area contributed by atoms with Crippen LogP contribution in [0.4, 0.5) is 0 Å². The van der Waals surface area contributed by atoms with Gasteiger partial charge in [-0.15, -0.1) is 34.0 Å². The number of fused-ring (bicyclic) bond motifs is 2. The Morgan fingerprint density at radius 2 is 1.87 bits per heavy atom. The monoisotopic (exact) mass is 328 g/mol. The van der Waals surface area contributed by atoms with Gasteiger partial charge < -0.3 is 4.98 Å². The molecule has 0 fully saturated rings. The number of H-pyrrole nitrogens is 1. The van der Waals surface area contributed by atoms with E-state index < -0.39 is 0 Å². The molecule has 2 nitrogen and oxygen atoms in total. The Bertz CT molecular complexity index is 525. The van der Waals surface area contributed by atoms with Crippen molar-refractivity contribution in [2.45, 2.75) is 0 Å². The second-order valence-corrected chi connectivity index (χ2v) is 3.11. The topological polar surface area (TPSA) is 28.7 Å². The quantitative estimate of drug-likeness (QED) is 0.666. The summed E-state index contributed by atoms with van der Waals surface area (Å²) < 4.78 is 0. The van der Waals surface area contributed by atoms with E-state index in [1.54, 1.807) is 0 Å². The first kappa shape index (κ1) is 12.2. The lowest BCUT2D eigenvalue weighted by Gasteiger charge is -1.95. The normalized spacial score (nSPS) is 9.60. The van der Waals surface area contributed by atoms with Gasteiger partial charge in [0.2, 0.25) is 0 Å². The van der Waals surface area contributed by atoms with Crippen molar-refractivity contribution < 1.29 is 0 Å². The predicted molar refractivity (Wildman–Crippen MR) is 74.2 cm³/mol. The van der Waals surface area contributed by atoms with Crippen molar-refractivity contribution in [1.82, 2.24) is 9.97 Å². The molecular formula is C11H10Br2N2. The average Bonchev–Trinajstić information content (AvgIpc) is 2.61. The average molecular weight is 330 g/mol. The highest BCUT2D eigenvalue weighted by Crippen LogP contribution is 2.19. The van der Waals surface area contributed by atoms with Crippen molar-refractivity contribution in [3.05, 3.63) is 42.7 Å². The molecule has 3 aromatic rings. The van der Waals surface area contributed by atoms with E-state index in [0.717, 1.165) is 11.0 Å². The molecule has 0 unspecified atom stereocenters. The minimum Gasteiger partial charge on any atom is -0.361 e. The summed E-state index contributed by atoms with van der Waals surface area (Å²) in [6.07, 6.45) is 3.76. The molecule has 2 heterocycles. The van der Waals surface area contributed by atoms with Crippen molar-refractivity contribution in [3.63, 3.8) is 0 Å². The first-order chi connectivity index (χ1) is 6.43. The highest BCUT2D eigenvalue weighted by Gasteiger charge is 1.97. The molecule has 0 spiro atoms. The number of hydrogen-bond acceptors (Lipinski definition) is 1. The molecule has 78 valence electrons. The Balaban J connectivity index is 0.000000562. The molecule has 0 aliphatic heterocycles. The Kier molecular flexibility index (Phi) is 3.88. The fraction of sp³-hybridized carbons (Fsp3) is 0. The van der Waals surface area contributed by atoms with Crippen LogP contribution in [0, 0.1) is 0 Å². The summed E-state index contributed by atoms with van der Waals surface area (Å²) in [5.41, 5.74) is 2.18. The van der Waals surface area contributed by atoms with Crippen molar-refractivity contribution >= 4 is 55.8 Å². The third-order valence-corrected chi connectivity index (χ3v) is 2.28. The number of rotatable bonds is 0. The van der Waals surface area contributed by atoms with E-state index in [9.17, 15) is 0 Å². The van der Waals surface area contributed by atoms with E-state index in [2.05, 4.69) is 34.2 Å². The van der Waals surface area contributed by atoms with Crippen LogP contribution in [-0.4, -0.2) is 9.97 Å². The second-order valence-electron chi connectivity index (χ2n) is 3.11. The highest BCUT2D eigenvalue weighted by atomic mass is 79.9. The number of halogens is 2. The molecule has 0 aliphatic rings. The minimum absolute atomic E-state index is 0. The maximum atomic E-state index is 4.29. The van der Waals surface area contributed by atoms with Gasteiger partial charge in [-0.2, -0.15) is 0 Å². The fourth-order valence-corrected chi connectivity index (χ4v) is 1.62. The zero-order valence-electron chi connectivity index (χ0n) is 7.81. The Morgan fingerprint density at radius 1 is 1.00 bits per heavy atom. The highest BCUT2D eigenvalue weighted by molar-refractivity contribution is 8.93. The number of benzene rings is 1. The number of pyridine rings is 1. The van der Waals surface area contributed by atoms with Gasteiger partial charge in [0.25, 0.3) is 0 Å².